The minimum Gasteiger partial charge on any atom is -0.377 e. The molecule has 41 heavy (non-hydrogen) atoms. The summed E-state index contributed by atoms with van der Waals surface area (Å²) in [6.45, 7) is 4.13. The van der Waals surface area contributed by atoms with E-state index >= 15 is 0 Å². The van der Waals surface area contributed by atoms with Gasteiger partial charge in [-0.05, 0) is 61.6 Å². The van der Waals surface area contributed by atoms with Crippen molar-refractivity contribution in [2.24, 2.45) is 0 Å². The molecule has 9 heteroatoms. The minimum absolute atomic E-state index is 0.0649. The monoisotopic (exact) mass is 566 g/mol. The molecule has 1 saturated carbocycles. The molecule has 1 fully saturated rings. The first-order valence-electron chi connectivity index (χ1n) is 14.1. The number of nitrogens with one attached hydrogen (secondary N) is 2. The number of pyridine rings is 1. The van der Waals surface area contributed by atoms with Crippen LogP contribution in [0.5, 0.6) is 0 Å². The molecular weight excluding hydrogens is 537 g/mol. The Kier molecular flexibility index (Phi) is 6.95. The van der Waals surface area contributed by atoms with Crippen LogP contribution in [-0.4, -0.2) is 20.0 Å². The molecule has 5 aromatic rings. The topological polar surface area (TPSA) is 91.5 Å². The maximum atomic E-state index is 13.9. The molecule has 1 aliphatic rings. The van der Waals surface area contributed by atoms with Crippen molar-refractivity contribution in [1.82, 2.24) is 20.0 Å². The normalized spacial score (nSPS) is 15.5. The Labute approximate surface area is 244 Å². The first kappa shape index (κ1) is 25.5. The number of aromatic nitrogens is 4. The summed E-state index contributed by atoms with van der Waals surface area (Å²) >= 11 is 6.78. The highest BCUT2D eigenvalue weighted by atomic mass is 35.5. The van der Waals surface area contributed by atoms with Gasteiger partial charge in [-0.2, -0.15) is 5.26 Å². The second-order valence-electron chi connectivity index (χ2n) is 10.4. The summed E-state index contributed by atoms with van der Waals surface area (Å²) in [5.74, 6) is -0.401. The van der Waals surface area contributed by atoms with Gasteiger partial charge in [-0.1, -0.05) is 65.7 Å². The van der Waals surface area contributed by atoms with Gasteiger partial charge in [0.05, 0.1) is 47.5 Å². The Balaban J connectivity index is 1.46. The summed E-state index contributed by atoms with van der Waals surface area (Å²) in [6, 6.07) is 18.4. The van der Waals surface area contributed by atoms with E-state index in [1.54, 1.807) is 29.1 Å². The second-order valence-corrected chi connectivity index (χ2v) is 10.8. The van der Waals surface area contributed by atoms with Gasteiger partial charge in [0.2, 0.25) is 0 Å². The fourth-order valence-corrected chi connectivity index (χ4v) is 5.28. The number of halogens is 2. The maximum absolute atomic E-state index is 13.9. The van der Waals surface area contributed by atoms with Gasteiger partial charge in [-0.25, -0.2) is 9.07 Å². The summed E-state index contributed by atoms with van der Waals surface area (Å²) < 4.78 is 25.2. The van der Waals surface area contributed by atoms with Gasteiger partial charge in [0, 0.05) is 17.3 Å². The highest BCUT2D eigenvalue weighted by Crippen LogP contribution is 2.38. The molecule has 2 heterocycles. The van der Waals surface area contributed by atoms with Crippen LogP contribution in [0.2, 0.25) is 5.02 Å². The van der Waals surface area contributed by atoms with E-state index in [0.29, 0.717) is 44.1 Å². The van der Waals surface area contributed by atoms with E-state index in [9.17, 15) is 11.0 Å². The highest BCUT2D eigenvalue weighted by Gasteiger charge is 2.27. The molecule has 0 radical (unpaired) electrons. The molecule has 206 valence electrons. The van der Waals surface area contributed by atoms with E-state index in [0.717, 1.165) is 30.4 Å². The third-order valence-electron chi connectivity index (χ3n) is 7.31. The average molecular weight is 567 g/mol. The van der Waals surface area contributed by atoms with Crippen molar-refractivity contribution >= 4 is 33.9 Å². The molecule has 2 aromatic heterocycles. The van der Waals surface area contributed by atoms with Crippen molar-refractivity contribution < 1.29 is 5.76 Å². The van der Waals surface area contributed by atoms with E-state index in [1.807, 2.05) is 25.1 Å². The van der Waals surface area contributed by atoms with E-state index < -0.39 is 11.8 Å². The first-order valence-corrected chi connectivity index (χ1v) is 14.0. The molecule has 1 aliphatic carbocycles. The third kappa shape index (κ3) is 5.59. The number of aryl methyl sites for hydroxylation is 1. The SMILES string of the molecule is [2H][C@](Nc1cc(Cl)c2ncc(C#N)c(N[C@H](CC)c3cccc(C)c3)c2c1)(c1ccc(F)cc1)c1cn(C2CC2)nn1. The van der Waals surface area contributed by atoms with Gasteiger partial charge >= 0.3 is 0 Å². The fraction of sp³-hybridized carbons (Fsp3) is 0.250. The molecule has 0 aliphatic heterocycles. The maximum Gasteiger partial charge on any atom is 0.123 e. The van der Waals surface area contributed by atoms with Crippen LogP contribution in [0.4, 0.5) is 15.8 Å². The quantitative estimate of drug-likeness (QED) is 0.188. The number of hydrogen-bond donors (Lipinski definition) is 2. The molecule has 0 spiro atoms. The van der Waals surface area contributed by atoms with E-state index in [-0.39, 0.29) is 12.1 Å². The molecule has 7 nitrogen and oxygen atoms in total. The van der Waals surface area contributed by atoms with Crippen LogP contribution in [0.15, 0.2) is 73.1 Å². The summed E-state index contributed by atoms with van der Waals surface area (Å²) in [5.41, 5.74) is 5.13. The van der Waals surface area contributed by atoms with Gasteiger partial charge in [0.1, 0.15) is 17.6 Å². The van der Waals surface area contributed by atoms with E-state index in [1.165, 1.54) is 18.3 Å². The van der Waals surface area contributed by atoms with Gasteiger partial charge in [0.25, 0.3) is 0 Å². The van der Waals surface area contributed by atoms with Crippen LogP contribution in [0, 0.1) is 24.1 Å². The number of fused-ring (bicyclic) bond motifs is 1. The molecule has 0 bridgehead atoms. The van der Waals surface area contributed by atoms with Crippen molar-refractivity contribution in [1.29, 1.82) is 5.26 Å². The number of anilines is 2. The molecular formula is C32H29ClFN7. The zero-order valence-corrected chi connectivity index (χ0v) is 23.5. The fourth-order valence-electron chi connectivity index (χ4n) is 5.01. The lowest BCUT2D eigenvalue weighted by molar-refractivity contribution is 0.610. The molecule has 0 amide bonds. The molecule has 2 N–H and O–H groups in total. The van der Waals surface area contributed by atoms with Gasteiger partial charge in [-0.3, -0.25) is 4.98 Å². The average Bonchev–Trinajstić information content (AvgIpc) is 3.71. The van der Waals surface area contributed by atoms with Crippen molar-refractivity contribution in [2.75, 3.05) is 10.6 Å². The van der Waals surface area contributed by atoms with Crippen molar-refractivity contribution in [2.45, 2.75) is 51.2 Å². The van der Waals surface area contributed by atoms with Crippen LogP contribution in [0.25, 0.3) is 10.9 Å². The first-order chi connectivity index (χ1) is 20.3. The largest absolute Gasteiger partial charge is 0.377 e. The molecule has 2 atom stereocenters. The lowest BCUT2D eigenvalue weighted by atomic mass is 10.00. The van der Waals surface area contributed by atoms with Crippen LogP contribution in [-0.2, 0) is 0 Å². The standard InChI is InChI=1S/C32H29ClFN7/c1-3-28(21-6-4-5-19(2)13-21)38-30-22(16-35)17-36-32-26(30)14-24(15-27(32)33)37-31(20-7-9-23(34)10-8-20)29-18-41(40-39-29)25-11-12-25/h4-10,13-15,17-18,25,28,31,37H,3,11-12H2,1-2H3,(H,36,38)/t28-,31+/m1/s1/i31D. The summed E-state index contributed by atoms with van der Waals surface area (Å²) in [7, 11) is 0. The van der Waals surface area contributed by atoms with Crippen molar-refractivity contribution in [3.05, 3.63) is 112 Å². The number of hydrogen-bond acceptors (Lipinski definition) is 6. The summed E-state index contributed by atoms with van der Waals surface area (Å²) in [6.07, 6.45) is 6.10. The Hall–Kier alpha value is -4.48. The molecule has 3 aromatic carbocycles. The lowest BCUT2D eigenvalue weighted by Crippen LogP contribution is -2.14. The molecule has 6 rings (SSSR count). The van der Waals surface area contributed by atoms with Crippen molar-refractivity contribution in [3.8, 4) is 6.07 Å². The zero-order valence-electron chi connectivity index (χ0n) is 23.7. The number of rotatable bonds is 9. The van der Waals surface area contributed by atoms with Crippen LogP contribution < -0.4 is 10.6 Å². The zero-order chi connectivity index (χ0) is 29.4. The van der Waals surface area contributed by atoms with Crippen LogP contribution in [0.3, 0.4) is 0 Å². The third-order valence-corrected chi connectivity index (χ3v) is 7.59. The predicted molar refractivity (Wildman–Crippen MR) is 159 cm³/mol. The van der Waals surface area contributed by atoms with Crippen molar-refractivity contribution in [3.63, 3.8) is 0 Å². The lowest BCUT2D eigenvalue weighted by Gasteiger charge is -2.23. The van der Waals surface area contributed by atoms with E-state index in [2.05, 4.69) is 51.1 Å². The predicted octanol–water partition coefficient (Wildman–Crippen LogP) is 7.90. The Bertz CT molecular complexity index is 1810. The second kappa shape index (κ2) is 11.2. The Morgan fingerprint density at radius 3 is 2.66 bits per heavy atom. The Morgan fingerprint density at radius 1 is 1.15 bits per heavy atom. The minimum atomic E-state index is -1.61. The highest BCUT2D eigenvalue weighted by molar-refractivity contribution is 6.35. The molecule has 0 saturated heterocycles. The number of nitriles is 1. The van der Waals surface area contributed by atoms with Gasteiger partial charge < -0.3 is 10.6 Å². The van der Waals surface area contributed by atoms with Gasteiger partial charge in [-0.15, -0.1) is 5.10 Å². The van der Waals surface area contributed by atoms with Gasteiger partial charge in [0.15, 0.2) is 0 Å². The number of benzene rings is 3. The van der Waals surface area contributed by atoms with Crippen LogP contribution >= 0.6 is 11.6 Å². The summed E-state index contributed by atoms with van der Waals surface area (Å²) in [5, 5.41) is 26.5. The Morgan fingerprint density at radius 2 is 1.95 bits per heavy atom. The van der Waals surface area contributed by atoms with E-state index in [4.69, 9.17) is 11.6 Å². The smallest absolute Gasteiger partial charge is 0.123 e. The molecule has 0 unspecified atom stereocenters. The number of nitrogens with zero attached hydrogens (tertiary/aromatic N) is 5. The summed E-state index contributed by atoms with van der Waals surface area (Å²) in [4.78, 5) is 4.49. The van der Waals surface area contributed by atoms with Crippen LogP contribution in [0.1, 0.15) is 73.6 Å².